The first-order chi connectivity index (χ1) is 7.41. The molecule has 0 aliphatic heterocycles. The Kier molecular flexibility index (Phi) is 4.54. The van der Waals surface area contributed by atoms with E-state index in [9.17, 15) is 9.90 Å². The molecule has 2 rings (SSSR count). The Morgan fingerprint density at radius 2 is 2.06 bits per heavy atom. The summed E-state index contributed by atoms with van der Waals surface area (Å²) in [5, 5.41) is 10.1. The molecule has 0 aromatic carbocycles. The van der Waals surface area contributed by atoms with Crippen molar-refractivity contribution in [2.75, 3.05) is 0 Å². The Balaban J connectivity index is 0.00000144. The van der Waals surface area contributed by atoms with Crippen molar-refractivity contribution in [3.8, 4) is 0 Å². The van der Waals surface area contributed by atoms with Crippen LogP contribution >= 0.6 is 0 Å². The molecule has 2 bridgehead atoms. The van der Waals surface area contributed by atoms with Gasteiger partial charge in [0.1, 0.15) is 12.1 Å². The van der Waals surface area contributed by atoms with E-state index in [0.717, 1.165) is 19.3 Å². The molecule has 0 heterocycles. The first-order valence-electron chi connectivity index (χ1n) is 5.88. The van der Waals surface area contributed by atoms with Crippen LogP contribution in [0.1, 0.15) is 33.1 Å². The number of carbonyl (C=O) groups is 1. The first-order valence-corrected chi connectivity index (χ1v) is 5.88. The average Bonchev–Trinajstić information content (AvgIpc) is 2.75. The Labute approximate surface area is 115 Å². The Morgan fingerprint density at radius 3 is 2.53 bits per heavy atom. The molecule has 4 atom stereocenters. The number of rotatable bonds is 3. The summed E-state index contributed by atoms with van der Waals surface area (Å²) in [6.45, 7) is 6.97. The fourth-order valence-corrected chi connectivity index (χ4v) is 3.41. The molecule has 0 saturated heterocycles. The number of hydrogen-bond acceptors (Lipinski definition) is 3. The predicted molar refractivity (Wildman–Crippen MR) is 59.4 cm³/mol. The minimum Gasteiger partial charge on any atom is -0.486 e. The number of carbonyl (C=O) groups excluding carboxylic acids is 1. The molecule has 3 nitrogen and oxygen atoms in total. The second-order valence-electron chi connectivity index (χ2n) is 5.62. The zero-order valence-corrected chi connectivity index (χ0v) is 11.9. The zero-order chi connectivity index (χ0) is 11.9. The third kappa shape index (κ3) is 2.97. The summed E-state index contributed by atoms with van der Waals surface area (Å²) in [6, 6.07) is 0. The zero-order valence-electron chi connectivity index (χ0n) is 10.2. The fraction of sp³-hybridized carbons (Fsp3) is 0.769. The van der Waals surface area contributed by atoms with Crippen molar-refractivity contribution in [1.29, 1.82) is 0 Å². The number of aliphatic hydroxyl groups is 1. The van der Waals surface area contributed by atoms with E-state index in [-0.39, 0.29) is 31.5 Å². The maximum atomic E-state index is 11.1. The van der Waals surface area contributed by atoms with Gasteiger partial charge in [0.25, 0.3) is 0 Å². The monoisotopic (exact) mass is 326 g/mol. The minimum absolute atomic E-state index is 0. The van der Waals surface area contributed by atoms with Gasteiger partial charge < -0.3 is 15.9 Å². The van der Waals surface area contributed by atoms with E-state index in [1.165, 1.54) is 0 Å². The van der Waals surface area contributed by atoms with Crippen molar-refractivity contribution >= 4 is 5.97 Å². The van der Waals surface area contributed by atoms with Crippen LogP contribution in [-0.2, 0) is 29.0 Å². The van der Waals surface area contributed by atoms with Gasteiger partial charge in [-0.15, -0.1) is 0 Å². The quantitative estimate of drug-likeness (QED) is 0.372. The van der Waals surface area contributed by atoms with Gasteiger partial charge in [-0.25, -0.2) is 0 Å². The van der Waals surface area contributed by atoms with E-state index in [1.807, 2.05) is 13.8 Å². The molecule has 0 spiro atoms. The van der Waals surface area contributed by atoms with Gasteiger partial charge in [-0.05, 0) is 44.9 Å². The normalized spacial score (nSPS) is 35.2. The molecule has 1 radical (unpaired) electrons. The van der Waals surface area contributed by atoms with E-state index in [0.29, 0.717) is 11.8 Å². The van der Waals surface area contributed by atoms with Crippen molar-refractivity contribution in [3.05, 3.63) is 12.7 Å². The van der Waals surface area contributed by atoms with Crippen molar-refractivity contribution in [2.45, 2.75) is 44.8 Å². The Morgan fingerprint density at radius 1 is 1.41 bits per heavy atom. The molecular formula is C13H19O3Rh-. The third-order valence-electron chi connectivity index (χ3n) is 4.06. The largest absolute Gasteiger partial charge is 0.486 e. The molecule has 2 saturated carbocycles. The Hall–Kier alpha value is -0.207. The van der Waals surface area contributed by atoms with Crippen molar-refractivity contribution in [3.63, 3.8) is 0 Å². The van der Waals surface area contributed by atoms with Gasteiger partial charge in [0.2, 0.25) is 0 Å². The van der Waals surface area contributed by atoms with Crippen LogP contribution in [0.25, 0.3) is 0 Å². The average molecular weight is 326 g/mol. The van der Waals surface area contributed by atoms with Crippen LogP contribution in [-0.4, -0.2) is 22.8 Å². The maximum absolute atomic E-state index is 11.1. The molecule has 2 aliphatic carbocycles. The summed E-state index contributed by atoms with van der Waals surface area (Å²) >= 11 is 0. The summed E-state index contributed by atoms with van der Waals surface area (Å²) in [6.07, 6.45) is 5.25. The van der Waals surface area contributed by atoms with E-state index in [1.54, 1.807) is 0 Å². The van der Waals surface area contributed by atoms with Crippen LogP contribution in [0.4, 0.5) is 0 Å². The SMILES string of the molecule is C=[C-]C(=O)OC1CC2CC1C(C(C)(C)O)C2.[Rh]. The topological polar surface area (TPSA) is 46.5 Å². The molecule has 0 aromatic rings. The fourth-order valence-electron chi connectivity index (χ4n) is 3.41. The number of fused-ring (bicyclic) bond motifs is 2. The molecule has 4 unspecified atom stereocenters. The van der Waals surface area contributed by atoms with Crippen molar-refractivity contribution in [2.24, 2.45) is 17.8 Å². The second-order valence-corrected chi connectivity index (χ2v) is 5.62. The maximum Gasteiger partial charge on any atom is 0.147 e. The van der Waals surface area contributed by atoms with Gasteiger partial charge in [0.05, 0.1) is 5.60 Å². The van der Waals surface area contributed by atoms with Gasteiger partial charge in [-0.1, -0.05) is 0 Å². The van der Waals surface area contributed by atoms with E-state index in [2.05, 4.69) is 12.7 Å². The summed E-state index contributed by atoms with van der Waals surface area (Å²) in [5.74, 6) is 0.687. The number of ether oxygens (including phenoxy) is 1. The van der Waals surface area contributed by atoms with E-state index < -0.39 is 11.6 Å². The van der Waals surface area contributed by atoms with Crippen LogP contribution < -0.4 is 0 Å². The molecular weight excluding hydrogens is 307 g/mol. The van der Waals surface area contributed by atoms with Crippen molar-refractivity contribution < 1.29 is 34.1 Å². The molecule has 0 amide bonds. The third-order valence-corrected chi connectivity index (χ3v) is 4.06. The van der Waals surface area contributed by atoms with Crippen molar-refractivity contribution in [1.82, 2.24) is 0 Å². The minimum atomic E-state index is -0.678. The second kappa shape index (κ2) is 5.20. The van der Waals surface area contributed by atoms with Gasteiger partial charge in [-0.3, -0.25) is 11.4 Å². The molecule has 2 fully saturated rings. The number of esters is 1. The van der Waals surface area contributed by atoms with Gasteiger partial charge in [0.15, 0.2) is 0 Å². The van der Waals surface area contributed by atoms with Crippen LogP contribution in [0.2, 0.25) is 0 Å². The van der Waals surface area contributed by atoms with E-state index in [4.69, 9.17) is 4.74 Å². The number of hydrogen-bond donors (Lipinski definition) is 1. The Bertz CT molecular complexity index is 308. The molecule has 4 heteroatoms. The van der Waals surface area contributed by atoms with Crippen LogP contribution in [0.15, 0.2) is 6.58 Å². The molecule has 17 heavy (non-hydrogen) atoms. The summed E-state index contributed by atoms with van der Waals surface area (Å²) in [4.78, 5) is 11.1. The van der Waals surface area contributed by atoms with Crippen LogP contribution in [0, 0.1) is 23.8 Å². The summed E-state index contributed by atoms with van der Waals surface area (Å²) in [7, 11) is 0. The molecule has 1 N–H and O–H groups in total. The van der Waals surface area contributed by atoms with Gasteiger partial charge in [-0.2, -0.15) is 0 Å². The van der Waals surface area contributed by atoms with Crippen LogP contribution in [0.5, 0.6) is 0 Å². The van der Waals surface area contributed by atoms with Crippen LogP contribution in [0.3, 0.4) is 0 Å². The first kappa shape index (κ1) is 14.9. The predicted octanol–water partition coefficient (Wildman–Crippen LogP) is 1.70. The molecule has 99 valence electrons. The molecule has 2 aliphatic rings. The van der Waals surface area contributed by atoms with Gasteiger partial charge >= 0.3 is 0 Å². The summed E-state index contributed by atoms with van der Waals surface area (Å²) < 4.78 is 5.30. The van der Waals surface area contributed by atoms with Gasteiger partial charge in [0, 0.05) is 25.4 Å². The van der Waals surface area contributed by atoms with E-state index >= 15 is 0 Å². The summed E-state index contributed by atoms with van der Waals surface area (Å²) in [5.41, 5.74) is -0.678. The standard InChI is InChI=1S/C13H19O3.Rh/c1-4-12(14)16-11-7-8-5-9(11)10(6-8)13(2,3)15;/h8-11,15H,1,5-7H2,2-3H3;/q-1;. The smallest absolute Gasteiger partial charge is 0.147 e. The molecule has 0 aromatic heterocycles.